The molecule has 0 radical (unpaired) electrons. The molecule has 114 valence electrons. The van der Waals surface area contributed by atoms with Crippen LogP contribution in [0.3, 0.4) is 0 Å². The zero-order valence-electron chi connectivity index (χ0n) is 13.1. The highest BCUT2D eigenvalue weighted by molar-refractivity contribution is 7.09. The lowest BCUT2D eigenvalue weighted by Crippen LogP contribution is -2.30. The molecule has 0 amide bonds. The van der Waals surface area contributed by atoms with Gasteiger partial charge in [0, 0.05) is 28.6 Å². The summed E-state index contributed by atoms with van der Waals surface area (Å²) < 4.78 is 10.7. The molecule has 2 unspecified atom stereocenters. The minimum absolute atomic E-state index is 0.223. The average Bonchev–Trinajstić information content (AvgIpc) is 2.99. The summed E-state index contributed by atoms with van der Waals surface area (Å²) in [7, 11) is 3.36. The zero-order valence-corrected chi connectivity index (χ0v) is 13.9. The molecule has 0 bridgehead atoms. The molecule has 0 saturated heterocycles. The van der Waals surface area contributed by atoms with Crippen LogP contribution in [0.15, 0.2) is 35.7 Å². The smallest absolute Gasteiger partial charge is 0.127 e. The van der Waals surface area contributed by atoms with Gasteiger partial charge >= 0.3 is 0 Å². The first-order valence-electron chi connectivity index (χ1n) is 7.14. The Balaban J connectivity index is 2.03. The van der Waals surface area contributed by atoms with Gasteiger partial charge in [-0.15, -0.1) is 11.3 Å². The van der Waals surface area contributed by atoms with Crippen LogP contribution in [0.25, 0.3) is 0 Å². The van der Waals surface area contributed by atoms with Crippen molar-refractivity contribution in [1.29, 1.82) is 0 Å². The maximum absolute atomic E-state index is 5.48. The summed E-state index contributed by atoms with van der Waals surface area (Å²) in [6.07, 6.45) is 1.04. The van der Waals surface area contributed by atoms with Crippen LogP contribution >= 0.6 is 11.3 Å². The van der Waals surface area contributed by atoms with E-state index in [9.17, 15) is 0 Å². The SMILES string of the molecule is COc1ccc(C(C)NC(C)Cc2cccs2)c(OC)c1. The Kier molecular flexibility index (Phi) is 5.65. The highest BCUT2D eigenvalue weighted by Gasteiger charge is 2.15. The quantitative estimate of drug-likeness (QED) is 0.837. The molecule has 0 aliphatic carbocycles. The van der Waals surface area contributed by atoms with E-state index in [0.717, 1.165) is 23.5 Å². The molecule has 2 rings (SSSR count). The van der Waals surface area contributed by atoms with Gasteiger partial charge in [0.25, 0.3) is 0 Å². The first kappa shape index (κ1) is 15.9. The van der Waals surface area contributed by atoms with Gasteiger partial charge < -0.3 is 14.8 Å². The monoisotopic (exact) mass is 305 g/mol. The number of benzene rings is 1. The Bertz CT molecular complexity index is 554. The van der Waals surface area contributed by atoms with E-state index in [4.69, 9.17) is 9.47 Å². The molecular formula is C17H23NO2S. The van der Waals surface area contributed by atoms with Crippen molar-refractivity contribution in [3.05, 3.63) is 46.2 Å². The second kappa shape index (κ2) is 7.48. The van der Waals surface area contributed by atoms with Gasteiger partial charge in [-0.2, -0.15) is 0 Å². The first-order valence-corrected chi connectivity index (χ1v) is 8.02. The molecule has 1 N–H and O–H groups in total. The highest BCUT2D eigenvalue weighted by Crippen LogP contribution is 2.29. The Morgan fingerprint density at radius 3 is 2.57 bits per heavy atom. The second-order valence-electron chi connectivity index (χ2n) is 5.18. The standard InChI is InChI=1S/C17H23NO2S/c1-12(10-15-6-5-9-21-15)18-13(2)16-8-7-14(19-3)11-17(16)20-4/h5-9,11-13,18H,10H2,1-4H3. The third kappa shape index (κ3) is 4.22. The summed E-state index contributed by atoms with van der Waals surface area (Å²) >= 11 is 1.81. The number of ether oxygens (including phenoxy) is 2. The van der Waals surface area contributed by atoms with E-state index < -0.39 is 0 Å². The van der Waals surface area contributed by atoms with Crippen LogP contribution in [-0.2, 0) is 6.42 Å². The molecule has 1 aromatic heterocycles. The molecule has 0 aliphatic rings. The van der Waals surface area contributed by atoms with Crippen LogP contribution in [0.4, 0.5) is 0 Å². The van der Waals surface area contributed by atoms with Gasteiger partial charge in [0.1, 0.15) is 11.5 Å². The van der Waals surface area contributed by atoms with Crippen molar-refractivity contribution in [1.82, 2.24) is 5.32 Å². The fourth-order valence-electron chi connectivity index (χ4n) is 2.48. The predicted octanol–water partition coefficient (Wildman–Crippen LogP) is 4.05. The van der Waals surface area contributed by atoms with Crippen molar-refractivity contribution >= 4 is 11.3 Å². The Morgan fingerprint density at radius 1 is 1.14 bits per heavy atom. The first-order chi connectivity index (χ1) is 10.1. The van der Waals surface area contributed by atoms with E-state index in [1.54, 1.807) is 25.6 Å². The normalized spacial score (nSPS) is 13.7. The Labute approximate surface area is 130 Å². The number of methoxy groups -OCH3 is 2. The second-order valence-corrected chi connectivity index (χ2v) is 6.21. The summed E-state index contributed by atoms with van der Waals surface area (Å²) in [4.78, 5) is 1.41. The van der Waals surface area contributed by atoms with Crippen molar-refractivity contribution in [2.24, 2.45) is 0 Å². The lowest BCUT2D eigenvalue weighted by molar-refractivity contribution is 0.382. The van der Waals surface area contributed by atoms with E-state index in [-0.39, 0.29) is 6.04 Å². The molecule has 0 saturated carbocycles. The molecule has 0 spiro atoms. The largest absolute Gasteiger partial charge is 0.497 e. The summed E-state index contributed by atoms with van der Waals surface area (Å²) in [5.41, 5.74) is 1.15. The van der Waals surface area contributed by atoms with E-state index in [0.29, 0.717) is 6.04 Å². The number of thiophene rings is 1. The fraction of sp³-hybridized carbons (Fsp3) is 0.412. The van der Waals surface area contributed by atoms with Crippen LogP contribution < -0.4 is 14.8 Å². The molecule has 0 aliphatic heterocycles. The van der Waals surface area contributed by atoms with Crippen molar-refractivity contribution in [2.75, 3.05) is 14.2 Å². The van der Waals surface area contributed by atoms with E-state index in [1.807, 2.05) is 12.1 Å². The molecule has 0 fully saturated rings. The number of hydrogen-bond donors (Lipinski definition) is 1. The summed E-state index contributed by atoms with van der Waals surface area (Å²) in [6, 6.07) is 10.9. The number of nitrogens with one attached hydrogen (secondary N) is 1. The van der Waals surface area contributed by atoms with Crippen LogP contribution in [0.2, 0.25) is 0 Å². The third-order valence-electron chi connectivity index (χ3n) is 3.53. The number of rotatable bonds is 7. The number of hydrogen-bond acceptors (Lipinski definition) is 4. The molecule has 2 atom stereocenters. The molecule has 2 aromatic rings. The van der Waals surface area contributed by atoms with E-state index in [1.165, 1.54) is 4.88 Å². The van der Waals surface area contributed by atoms with Crippen LogP contribution in [0.5, 0.6) is 11.5 Å². The Hall–Kier alpha value is -1.52. The minimum Gasteiger partial charge on any atom is -0.497 e. The summed E-state index contributed by atoms with van der Waals surface area (Å²) in [6.45, 7) is 4.38. The third-order valence-corrected chi connectivity index (χ3v) is 4.43. The van der Waals surface area contributed by atoms with Crippen molar-refractivity contribution in [3.63, 3.8) is 0 Å². The lowest BCUT2D eigenvalue weighted by Gasteiger charge is -2.22. The highest BCUT2D eigenvalue weighted by atomic mass is 32.1. The maximum Gasteiger partial charge on any atom is 0.127 e. The fourth-order valence-corrected chi connectivity index (χ4v) is 3.32. The van der Waals surface area contributed by atoms with Gasteiger partial charge in [-0.05, 0) is 37.8 Å². The summed E-state index contributed by atoms with van der Waals surface area (Å²) in [5.74, 6) is 1.67. The Morgan fingerprint density at radius 2 is 1.95 bits per heavy atom. The van der Waals surface area contributed by atoms with E-state index in [2.05, 4.69) is 42.7 Å². The van der Waals surface area contributed by atoms with Gasteiger partial charge in [0.15, 0.2) is 0 Å². The lowest BCUT2D eigenvalue weighted by atomic mass is 10.0. The average molecular weight is 305 g/mol. The van der Waals surface area contributed by atoms with Gasteiger partial charge in [-0.1, -0.05) is 12.1 Å². The van der Waals surface area contributed by atoms with Crippen LogP contribution in [0, 0.1) is 0 Å². The predicted molar refractivity (Wildman–Crippen MR) is 88.6 cm³/mol. The molecule has 21 heavy (non-hydrogen) atoms. The summed E-state index contributed by atoms with van der Waals surface area (Å²) in [5, 5.41) is 5.76. The molecule has 1 aromatic carbocycles. The van der Waals surface area contributed by atoms with Crippen LogP contribution in [-0.4, -0.2) is 20.3 Å². The van der Waals surface area contributed by atoms with Crippen molar-refractivity contribution in [2.45, 2.75) is 32.4 Å². The van der Waals surface area contributed by atoms with Gasteiger partial charge in [-0.25, -0.2) is 0 Å². The van der Waals surface area contributed by atoms with Crippen molar-refractivity contribution < 1.29 is 9.47 Å². The maximum atomic E-state index is 5.48. The molecule has 3 nitrogen and oxygen atoms in total. The molecule has 1 heterocycles. The minimum atomic E-state index is 0.223. The zero-order chi connectivity index (χ0) is 15.2. The van der Waals surface area contributed by atoms with E-state index >= 15 is 0 Å². The van der Waals surface area contributed by atoms with Gasteiger partial charge in [0.05, 0.1) is 14.2 Å². The van der Waals surface area contributed by atoms with Crippen LogP contribution in [0.1, 0.15) is 30.3 Å². The van der Waals surface area contributed by atoms with Gasteiger partial charge in [-0.3, -0.25) is 0 Å². The van der Waals surface area contributed by atoms with Gasteiger partial charge in [0.2, 0.25) is 0 Å². The van der Waals surface area contributed by atoms with Crippen molar-refractivity contribution in [3.8, 4) is 11.5 Å². The molecule has 4 heteroatoms. The molecular weight excluding hydrogens is 282 g/mol. The topological polar surface area (TPSA) is 30.5 Å².